The van der Waals surface area contributed by atoms with Crippen molar-refractivity contribution >= 4 is 11.8 Å². The largest absolute Gasteiger partial charge is 0.376 e. The molecule has 0 saturated carbocycles. The summed E-state index contributed by atoms with van der Waals surface area (Å²) >= 11 is 2.03. The first-order chi connectivity index (χ1) is 8.36. The summed E-state index contributed by atoms with van der Waals surface area (Å²) in [5.74, 6) is 2.44. The molecule has 0 aliphatic carbocycles. The minimum Gasteiger partial charge on any atom is -0.376 e. The van der Waals surface area contributed by atoms with Gasteiger partial charge < -0.3 is 14.8 Å². The summed E-state index contributed by atoms with van der Waals surface area (Å²) in [4.78, 5) is 0. The normalized spacial score (nSPS) is 42.4. The van der Waals surface area contributed by atoms with Crippen LogP contribution in [0.2, 0.25) is 0 Å². The summed E-state index contributed by atoms with van der Waals surface area (Å²) < 4.78 is 12.1. The van der Waals surface area contributed by atoms with Crippen molar-refractivity contribution in [1.29, 1.82) is 0 Å². The number of ether oxygens (including phenoxy) is 2. The number of nitrogens with one attached hydrogen (secondary N) is 1. The van der Waals surface area contributed by atoms with E-state index in [-0.39, 0.29) is 5.60 Å². The molecule has 0 radical (unpaired) electrons. The van der Waals surface area contributed by atoms with Crippen LogP contribution in [0.5, 0.6) is 0 Å². The van der Waals surface area contributed by atoms with Crippen molar-refractivity contribution < 1.29 is 9.47 Å². The first-order valence-corrected chi connectivity index (χ1v) is 8.09. The lowest BCUT2D eigenvalue weighted by Gasteiger charge is -2.37. The summed E-state index contributed by atoms with van der Waals surface area (Å²) in [5.41, 5.74) is 0.163. The Labute approximate surface area is 108 Å². The standard InChI is InChI=1S/C13H23NO2S/c1-2-11(14-5-1)9-15-12-3-6-16-13(8-12)4-7-17-10-13/h11-12,14H,1-10H2. The van der Waals surface area contributed by atoms with E-state index in [1.54, 1.807) is 0 Å². The van der Waals surface area contributed by atoms with E-state index in [1.807, 2.05) is 11.8 Å². The topological polar surface area (TPSA) is 30.5 Å². The van der Waals surface area contributed by atoms with E-state index in [4.69, 9.17) is 9.47 Å². The van der Waals surface area contributed by atoms with E-state index in [2.05, 4.69) is 5.32 Å². The zero-order valence-electron chi connectivity index (χ0n) is 10.5. The Morgan fingerprint density at radius 2 is 2.41 bits per heavy atom. The van der Waals surface area contributed by atoms with E-state index in [0.29, 0.717) is 12.1 Å². The summed E-state index contributed by atoms with van der Waals surface area (Å²) in [6.07, 6.45) is 6.45. The third kappa shape index (κ3) is 2.98. The quantitative estimate of drug-likeness (QED) is 0.835. The number of hydrogen-bond donors (Lipinski definition) is 1. The molecule has 3 rings (SSSR count). The number of hydrogen-bond acceptors (Lipinski definition) is 4. The van der Waals surface area contributed by atoms with Crippen molar-refractivity contribution in [2.75, 3.05) is 31.3 Å². The zero-order valence-corrected chi connectivity index (χ0v) is 11.3. The second-order valence-electron chi connectivity index (χ2n) is 5.58. The average molecular weight is 257 g/mol. The van der Waals surface area contributed by atoms with Crippen molar-refractivity contribution in [2.24, 2.45) is 0 Å². The van der Waals surface area contributed by atoms with Crippen LogP contribution in [0.25, 0.3) is 0 Å². The Morgan fingerprint density at radius 3 is 3.18 bits per heavy atom. The van der Waals surface area contributed by atoms with Gasteiger partial charge in [-0.2, -0.15) is 11.8 Å². The van der Waals surface area contributed by atoms with E-state index >= 15 is 0 Å². The maximum absolute atomic E-state index is 6.10. The molecule has 0 aromatic carbocycles. The lowest BCUT2D eigenvalue weighted by molar-refractivity contribution is -0.122. The van der Waals surface area contributed by atoms with Gasteiger partial charge in [0.1, 0.15) is 0 Å². The van der Waals surface area contributed by atoms with Gasteiger partial charge >= 0.3 is 0 Å². The molecule has 1 spiro atoms. The van der Waals surface area contributed by atoms with Gasteiger partial charge in [0.05, 0.1) is 18.3 Å². The van der Waals surface area contributed by atoms with E-state index in [0.717, 1.165) is 26.1 Å². The Morgan fingerprint density at radius 1 is 1.41 bits per heavy atom. The summed E-state index contributed by atoms with van der Waals surface area (Å²) in [6.45, 7) is 2.96. The highest BCUT2D eigenvalue weighted by molar-refractivity contribution is 7.99. The highest BCUT2D eigenvalue weighted by Crippen LogP contribution is 2.39. The predicted molar refractivity (Wildman–Crippen MR) is 70.6 cm³/mol. The van der Waals surface area contributed by atoms with Crippen molar-refractivity contribution in [3.63, 3.8) is 0 Å². The Balaban J connectivity index is 1.46. The van der Waals surface area contributed by atoms with Gasteiger partial charge in [-0.05, 0) is 38.0 Å². The Hall–Kier alpha value is 0.230. The van der Waals surface area contributed by atoms with Gasteiger partial charge in [-0.3, -0.25) is 0 Å². The van der Waals surface area contributed by atoms with Gasteiger partial charge in [0.2, 0.25) is 0 Å². The molecule has 3 nitrogen and oxygen atoms in total. The molecule has 0 aromatic heterocycles. The molecular weight excluding hydrogens is 234 g/mol. The molecule has 17 heavy (non-hydrogen) atoms. The Bertz CT molecular complexity index is 250. The lowest BCUT2D eigenvalue weighted by atomic mass is 9.91. The van der Waals surface area contributed by atoms with Crippen LogP contribution in [0.3, 0.4) is 0 Å². The van der Waals surface area contributed by atoms with E-state index in [9.17, 15) is 0 Å². The molecular formula is C13H23NO2S. The maximum atomic E-state index is 6.10. The molecule has 3 aliphatic heterocycles. The number of thioether (sulfide) groups is 1. The molecule has 0 amide bonds. The fourth-order valence-corrected chi connectivity index (χ4v) is 4.52. The van der Waals surface area contributed by atoms with Crippen LogP contribution in [-0.2, 0) is 9.47 Å². The third-order valence-electron chi connectivity index (χ3n) is 4.21. The second kappa shape index (κ2) is 5.47. The van der Waals surface area contributed by atoms with Gasteiger partial charge in [-0.25, -0.2) is 0 Å². The van der Waals surface area contributed by atoms with Crippen LogP contribution in [0.1, 0.15) is 32.1 Å². The zero-order chi connectivity index (χ0) is 11.6. The molecule has 3 heterocycles. The van der Waals surface area contributed by atoms with Gasteiger partial charge in [0.15, 0.2) is 0 Å². The van der Waals surface area contributed by atoms with Crippen LogP contribution in [0.4, 0.5) is 0 Å². The molecule has 3 unspecified atom stereocenters. The fourth-order valence-electron chi connectivity index (χ4n) is 3.14. The second-order valence-corrected chi connectivity index (χ2v) is 6.68. The average Bonchev–Trinajstić information content (AvgIpc) is 2.99. The molecule has 98 valence electrons. The smallest absolute Gasteiger partial charge is 0.0805 e. The van der Waals surface area contributed by atoms with Gasteiger partial charge in [-0.1, -0.05) is 0 Å². The van der Waals surface area contributed by atoms with Gasteiger partial charge in [0, 0.05) is 24.8 Å². The lowest BCUT2D eigenvalue weighted by Crippen LogP contribution is -2.43. The molecule has 3 aliphatic rings. The molecule has 0 aromatic rings. The highest BCUT2D eigenvalue weighted by atomic mass is 32.2. The monoisotopic (exact) mass is 257 g/mol. The van der Waals surface area contributed by atoms with Crippen LogP contribution >= 0.6 is 11.8 Å². The number of rotatable bonds is 3. The van der Waals surface area contributed by atoms with Crippen LogP contribution < -0.4 is 5.32 Å². The minimum atomic E-state index is 0.163. The minimum absolute atomic E-state index is 0.163. The third-order valence-corrected chi connectivity index (χ3v) is 5.43. The molecule has 0 bridgehead atoms. The highest BCUT2D eigenvalue weighted by Gasteiger charge is 2.40. The van der Waals surface area contributed by atoms with Crippen molar-refractivity contribution in [3.05, 3.63) is 0 Å². The van der Waals surface area contributed by atoms with Crippen molar-refractivity contribution in [3.8, 4) is 0 Å². The summed E-state index contributed by atoms with van der Waals surface area (Å²) in [6, 6.07) is 0.603. The first-order valence-electron chi connectivity index (χ1n) is 6.93. The van der Waals surface area contributed by atoms with Crippen molar-refractivity contribution in [2.45, 2.75) is 49.9 Å². The van der Waals surface area contributed by atoms with E-state index < -0.39 is 0 Å². The summed E-state index contributed by atoms with van der Waals surface area (Å²) in [5, 5.41) is 3.50. The molecule has 3 atom stereocenters. The summed E-state index contributed by atoms with van der Waals surface area (Å²) in [7, 11) is 0. The first kappa shape index (κ1) is 12.3. The van der Waals surface area contributed by atoms with Crippen LogP contribution in [0.15, 0.2) is 0 Å². The maximum Gasteiger partial charge on any atom is 0.0805 e. The van der Waals surface area contributed by atoms with Gasteiger partial charge in [0.25, 0.3) is 0 Å². The van der Waals surface area contributed by atoms with Crippen LogP contribution in [0, 0.1) is 0 Å². The Kier molecular flexibility index (Phi) is 3.95. The fraction of sp³-hybridized carbons (Fsp3) is 1.00. The molecule has 3 fully saturated rings. The van der Waals surface area contributed by atoms with E-state index in [1.165, 1.54) is 37.3 Å². The van der Waals surface area contributed by atoms with Crippen LogP contribution in [-0.4, -0.2) is 49.0 Å². The molecule has 1 N–H and O–H groups in total. The SMILES string of the molecule is C1CNC(COC2CCOC3(CCSC3)C2)C1. The predicted octanol–water partition coefficient (Wildman–Crippen LogP) is 1.81. The molecule has 3 saturated heterocycles. The van der Waals surface area contributed by atoms with Crippen molar-refractivity contribution in [1.82, 2.24) is 5.32 Å². The molecule has 4 heteroatoms. The van der Waals surface area contributed by atoms with Gasteiger partial charge in [-0.15, -0.1) is 0 Å².